The average molecular weight is 456 g/mol. The fourth-order valence-corrected chi connectivity index (χ4v) is 3.79. The molecule has 4 rings (SSSR count). The molecule has 2 aromatic carbocycles. The van der Waals surface area contributed by atoms with Crippen molar-refractivity contribution in [1.29, 1.82) is 0 Å². The predicted molar refractivity (Wildman–Crippen MR) is 118 cm³/mol. The molecular formula is C24H23F3N4O2. The number of carbonyl (C=O) groups excluding carboxylic acids is 1. The molecule has 0 aliphatic carbocycles. The van der Waals surface area contributed by atoms with E-state index in [9.17, 15) is 18.0 Å². The van der Waals surface area contributed by atoms with E-state index < -0.39 is 17.8 Å². The van der Waals surface area contributed by atoms with Crippen LogP contribution in [0.15, 0.2) is 66.9 Å². The monoisotopic (exact) mass is 456 g/mol. The van der Waals surface area contributed by atoms with Gasteiger partial charge in [-0.05, 0) is 61.0 Å². The van der Waals surface area contributed by atoms with Gasteiger partial charge in [0.2, 0.25) is 0 Å². The number of ether oxygens (including phenoxy) is 1. The lowest BCUT2D eigenvalue weighted by molar-refractivity contribution is -0.141. The molecule has 1 aliphatic heterocycles. The van der Waals surface area contributed by atoms with Gasteiger partial charge in [0.1, 0.15) is 11.4 Å². The molecule has 1 amide bonds. The minimum atomic E-state index is -4.69. The van der Waals surface area contributed by atoms with Crippen molar-refractivity contribution in [2.75, 3.05) is 19.5 Å². The Labute approximate surface area is 189 Å². The Morgan fingerprint density at radius 3 is 2.42 bits per heavy atom. The van der Waals surface area contributed by atoms with Crippen molar-refractivity contribution >= 4 is 11.6 Å². The number of hydrogen-bond donors (Lipinski definition) is 1. The van der Waals surface area contributed by atoms with E-state index >= 15 is 0 Å². The van der Waals surface area contributed by atoms with E-state index in [1.165, 1.54) is 19.2 Å². The van der Waals surface area contributed by atoms with Crippen molar-refractivity contribution in [2.45, 2.75) is 25.1 Å². The Balaban J connectivity index is 1.59. The Kier molecular flexibility index (Phi) is 6.13. The molecule has 33 heavy (non-hydrogen) atoms. The van der Waals surface area contributed by atoms with Crippen LogP contribution < -0.4 is 10.1 Å². The van der Waals surface area contributed by atoms with Gasteiger partial charge >= 0.3 is 6.18 Å². The van der Waals surface area contributed by atoms with Crippen LogP contribution in [0.25, 0.3) is 5.69 Å². The zero-order valence-corrected chi connectivity index (χ0v) is 18.1. The number of allylic oxidation sites excluding steroid dienone is 1. The summed E-state index contributed by atoms with van der Waals surface area (Å²) in [7, 11) is 3.49. The van der Waals surface area contributed by atoms with Crippen LogP contribution in [0.5, 0.6) is 5.75 Å². The minimum absolute atomic E-state index is 0.228. The highest BCUT2D eigenvalue weighted by Crippen LogP contribution is 2.31. The first-order chi connectivity index (χ1) is 15.8. The first kappa shape index (κ1) is 22.4. The number of alkyl halides is 3. The zero-order chi connectivity index (χ0) is 23.6. The van der Waals surface area contributed by atoms with Gasteiger partial charge < -0.3 is 15.0 Å². The Hall–Kier alpha value is -3.75. The van der Waals surface area contributed by atoms with Crippen LogP contribution in [-0.4, -0.2) is 34.7 Å². The van der Waals surface area contributed by atoms with Gasteiger partial charge in [-0.1, -0.05) is 18.2 Å². The second kappa shape index (κ2) is 9.01. The van der Waals surface area contributed by atoms with Crippen LogP contribution in [0.2, 0.25) is 0 Å². The first-order valence-corrected chi connectivity index (χ1v) is 10.4. The van der Waals surface area contributed by atoms with Crippen molar-refractivity contribution in [1.82, 2.24) is 14.7 Å². The van der Waals surface area contributed by atoms with Crippen molar-refractivity contribution in [3.05, 3.63) is 83.8 Å². The molecule has 0 fully saturated rings. The largest absolute Gasteiger partial charge is 0.497 e. The maximum Gasteiger partial charge on any atom is 0.435 e. The van der Waals surface area contributed by atoms with E-state index in [1.807, 2.05) is 25.4 Å². The SMILES string of the molecule is COc1ccc(-n2nc(C(F)(F)F)cc2C(=O)Nc2ccc(C3CCC=CN3C)cc2)cc1. The van der Waals surface area contributed by atoms with Crippen molar-refractivity contribution in [3.8, 4) is 11.4 Å². The quantitative estimate of drug-likeness (QED) is 0.556. The predicted octanol–water partition coefficient (Wildman–Crippen LogP) is 5.43. The number of rotatable bonds is 5. The molecule has 1 aromatic heterocycles. The molecule has 0 saturated heterocycles. The number of anilines is 1. The van der Waals surface area contributed by atoms with E-state index in [0.29, 0.717) is 17.1 Å². The van der Waals surface area contributed by atoms with Gasteiger partial charge in [-0.2, -0.15) is 18.3 Å². The fourth-order valence-electron chi connectivity index (χ4n) is 3.79. The lowest BCUT2D eigenvalue weighted by atomic mass is 9.98. The summed E-state index contributed by atoms with van der Waals surface area (Å²) in [5.41, 5.74) is 0.511. The molecule has 0 bridgehead atoms. The number of aromatic nitrogens is 2. The summed E-state index contributed by atoms with van der Waals surface area (Å²) < 4.78 is 46.0. The number of amides is 1. The van der Waals surface area contributed by atoms with E-state index in [0.717, 1.165) is 29.2 Å². The third-order valence-electron chi connectivity index (χ3n) is 5.54. The second-order valence-electron chi connectivity index (χ2n) is 7.74. The third-order valence-corrected chi connectivity index (χ3v) is 5.54. The van der Waals surface area contributed by atoms with Gasteiger partial charge in [0.05, 0.1) is 18.8 Å². The molecule has 1 unspecified atom stereocenters. The Bertz CT molecular complexity index is 1150. The number of benzene rings is 2. The molecule has 172 valence electrons. The van der Waals surface area contributed by atoms with Gasteiger partial charge in [-0.15, -0.1) is 0 Å². The summed E-state index contributed by atoms with van der Waals surface area (Å²) in [5, 5.41) is 6.31. The number of halogens is 3. The molecule has 1 atom stereocenters. The van der Waals surface area contributed by atoms with E-state index in [2.05, 4.69) is 21.4 Å². The van der Waals surface area contributed by atoms with Crippen LogP contribution in [0.1, 0.15) is 40.6 Å². The molecule has 6 nitrogen and oxygen atoms in total. The van der Waals surface area contributed by atoms with Crippen molar-refractivity contribution in [3.63, 3.8) is 0 Å². The van der Waals surface area contributed by atoms with Crippen LogP contribution in [0, 0.1) is 0 Å². The van der Waals surface area contributed by atoms with Gasteiger partial charge in [-0.3, -0.25) is 4.79 Å². The molecule has 0 spiro atoms. The molecule has 2 heterocycles. The Morgan fingerprint density at radius 2 is 1.82 bits per heavy atom. The van der Waals surface area contributed by atoms with Crippen LogP contribution >= 0.6 is 0 Å². The zero-order valence-electron chi connectivity index (χ0n) is 18.1. The molecule has 1 N–H and O–H groups in total. The maximum absolute atomic E-state index is 13.3. The van der Waals surface area contributed by atoms with E-state index in [4.69, 9.17) is 4.74 Å². The summed E-state index contributed by atoms with van der Waals surface area (Å²) in [4.78, 5) is 15.1. The molecule has 1 aliphatic rings. The van der Waals surface area contributed by atoms with E-state index in [-0.39, 0.29) is 11.7 Å². The smallest absolute Gasteiger partial charge is 0.435 e. The molecular weight excluding hydrogens is 433 g/mol. The van der Waals surface area contributed by atoms with Crippen LogP contribution in [0.3, 0.4) is 0 Å². The fraction of sp³-hybridized carbons (Fsp3) is 0.250. The highest BCUT2D eigenvalue weighted by Gasteiger charge is 2.36. The average Bonchev–Trinajstić information content (AvgIpc) is 3.26. The highest BCUT2D eigenvalue weighted by atomic mass is 19.4. The standard InChI is InChI=1S/C24H23F3N4O2/c1-30-14-4-3-5-20(30)16-6-8-17(9-7-16)28-23(32)21-15-22(24(25,26)27)29-31(21)18-10-12-19(33-2)13-11-18/h4,6-15,20H,3,5H2,1-2H3,(H,28,32). The van der Waals surface area contributed by atoms with Gasteiger partial charge in [0.25, 0.3) is 5.91 Å². The lowest BCUT2D eigenvalue weighted by Gasteiger charge is -2.30. The summed E-state index contributed by atoms with van der Waals surface area (Å²) in [6, 6.07) is 14.6. The number of carbonyl (C=O) groups is 1. The molecule has 9 heteroatoms. The molecule has 0 saturated carbocycles. The summed E-state index contributed by atoms with van der Waals surface area (Å²) in [6.45, 7) is 0. The van der Waals surface area contributed by atoms with Gasteiger partial charge in [-0.25, -0.2) is 4.68 Å². The normalized spacial score (nSPS) is 16.0. The number of methoxy groups -OCH3 is 1. The number of nitrogens with one attached hydrogen (secondary N) is 1. The topological polar surface area (TPSA) is 59.4 Å². The number of hydrogen-bond acceptors (Lipinski definition) is 4. The van der Waals surface area contributed by atoms with Gasteiger partial charge in [0, 0.05) is 18.8 Å². The van der Waals surface area contributed by atoms with Gasteiger partial charge in [0.15, 0.2) is 5.69 Å². The maximum atomic E-state index is 13.3. The van der Waals surface area contributed by atoms with E-state index in [1.54, 1.807) is 24.3 Å². The minimum Gasteiger partial charge on any atom is -0.497 e. The van der Waals surface area contributed by atoms with Crippen molar-refractivity contribution < 1.29 is 22.7 Å². The van der Waals surface area contributed by atoms with Crippen LogP contribution in [0.4, 0.5) is 18.9 Å². The summed E-state index contributed by atoms with van der Waals surface area (Å²) >= 11 is 0. The van der Waals surface area contributed by atoms with Crippen LogP contribution in [-0.2, 0) is 6.18 Å². The molecule has 0 radical (unpaired) electrons. The Morgan fingerprint density at radius 1 is 1.12 bits per heavy atom. The summed E-state index contributed by atoms with van der Waals surface area (Å²) in [6.07, 6.45) is 1.45. The summed E-state index contributed by atoms with van der Waals surface area (Å²) in [5.74, 6) is -0.161. The molecule has 3 aromatic rings. The second-order valence-corrected chi connectivity index (χ2v) is 7.74. The third kappa shape index (κ3) is 4.87. The first-order valence-electron chi connectivity index (χ1n) is 10.4. The number of nitrogens with zero attached hydrogens (tertiary/aromatic N) is 3. The van der Waals surface area contributed by atoms with Crippen molar-refractivity contribution in [2.24, 2.45) is 0 Å². The lowest BCUT2D eigenvalue weighted by Crippen LogP contribution is -2.21. The highest BCUT2D eigenvalue weighted by molar-refractivity contribution is 6.03.